The second-order valence-electron chi connectivity index (χ2n) is 4.08. The van der Waals surface area contributed by atoms with Crippen LogP contribution in [0.2, 0.25) is 0 Å². The topological polar surface area (TPSA) is 115 Å². The van der Waals surface area contributed by atoms with Gasteiger partial charge in [0.05, 0.1) is 10.6 Å². The first-order valence-corrected chi connectivity index (χ1v) is 8.78. The minimum Gasteiger partial charge on any atom is -0.397 e. The van der Waals surface area contributed by atoms with Crippen molar-refractivity contribution in [3.05, 3.63) is 28.3 Å². The average molecular weight is 319 g/mol. The van der Waals surface area contributed by atoms with Crippen molar-refractivity contribution in [2.45, 2.75) is 17.7 Å². The number of nitrogen functional groups attached to an aromatic ring is 1. The summed E-state index contributed by atoms with van der Waals surface area (Å²) in [5, 5.41) is 10.6. The summed E-state index contributed by atoms with van der Waals surface area (Å²) in [5.74, 6) is 0.974. The molecule has 0 aliphatic carbocycles. The second-order valence-corrected chi connectivity index (χ2v) is 6.80. The molecule has 1 aromatic rings. The largest absolute Gasteiger partial charge is 0.397 e. The molecule has 0 heterocycles. The maximum Gasteiger partial charge on any atom is 0.271 e. The molecule has 9 heteroatoms. The third-order valence-electron chi connectivity index (χ3n) is 2.56. The van der Waals surface area contributed by atoms with E-state index in [-0.39, 0.29) is 16.3 Å². The van der Waals surface area contributed by atoms with Crippen LogP contribution >= 0.6 is 11.8 Å². The Hall–Kier alpha value is -1.32. The standard InChI is InChI=1S/C11H17N3O4S2/c1-19-7-3-2-6-13-20(17,18)11-5-4-9(14(15)16)8-10(11)12/h4-5,8,13H,2-3,6-7,12H2,1H3. The van der Waals surface area contributed by atoms with Gasteiger partial charge in [-0.2, -0.15) is 11.8 Å². The molecule has 0 atom stereocenters. The Bertz CT molecular complexity index is 575. The van der Waals surface area contributed by atoms with E-state index in [1.54, 1.807) is 11.8 Å². The molecule has 0 fully saturated rings. The van der Waals surface area contributed by atoms with Gasteiger partial charge in [-0.1, -0.05) is 0 Å². The highest BCUT2D eigenvalue weighted by molar-refractivity contribution is 7.98. The Kier molecular flexibility index (Phi) is 6.24. The summed E-state index contributed by atoms with van der Waals surface area (Å²) in [6, 6.07) is 3.32. The molecule has 20 heavy (non-hydrogen) atoms. The van der Waals surface area contributed by atoms with Gasteiger partial charge in [-0.15, -0.1) is 0 Å². The number of hydrogen-bond acceptors (Lipinski definition) is 6. The lowest BCUT2D eigenvalue weighted by Gasteiger charge is -2.08. The van der Waals surface area contributed by atoms with E-state index in [9.17, 15) is 18.5 Å². The quantitative estimate of drug-likeness (QED) is 0.325. The van der Waals surface area contributed by atoms with Gasteiger partial charge in [-0.3, -0.25) is 10.1 Å². The van der Waals surface area contributed by atoms with Crippen LogP contribution < -0.4 is 10.5 Å². The number of nitro benzene ring substituents is 1. The number of thioether (sulfide) groups is 1. The van der Waals surface area contributed by atoms with E-state index in [2.05, 4.69) is 4.72 Å². The number of non-ortho nitro benzene ring substituents is 1. The van der Waals surface area contributed by atoms with E-state index in [1.165, 1.54) is 0 Å². The highest BCUT2D eigenvalue weighted by atomic mass is 32.2. The summed E-state index contributed by atoms with van der Waals surface area (Å²) in [6.07, 6.45) is 3.63. The van der Waals surface area contributed by atoms with Crippen LogP contribution in [0.5, 0.6) is 0 Å². The molecule has 0 spiro atoms. The third-order valence-corrected chi connectivity index (χ3v) is 4.79. The summed E-state index contributed by atoms with van der Waals surface area (Å²) >= 11 is 1.70. The van der Waals surface area contributed by atoms with Crippen molar-refractivity contribution in [2.75, 3.05) is 24.3 Å². The molecule has 0 saturated carbocycles. The first-order valence-electron chi connectivity index (χ1n) is 5.91. The SMILES string of the molecule is CSCCCCNS(=O)(=O)c1ccc([N+](=O)[O-])cc1N. The zero-order valence-corrected chi connectivity index (χ0v) is 12.7. The van der Waals surface area contributed by atoms with Crippen molar-refractivity contribution in [1.82, 2.24) is 4.72 Å². The highest BCUT2D eigenvalue weighted by Crippen LogP contribution is 2.23. The van der Waals surface area contributed by atoms with E-state index in [0.717, 1.165) is 36.8 Å². The number of anilines is 1. The molecule has 3 N–H and O–H groups in total. The third kappa shape index (κ3) is 4.66. The molecular weight excluding hydrogens is 302 g/mol. The number of benzene rings is 1. The normalized spacial score (nSPS) is 11.4. The van der Waals surface area contributed by atoms with Gasteiger partial charge in [0.25, 0.3) is 5.69 Å². The van der Waals surface area contributed by atoms with Gasteiger partial charge < -0.3 is 5.73 Å². The summed E-state index contributed by atoms with van der Waals surface area (Å²) in [6.45, 7) is 0.319. The maximum atomic E-state index is 12.0. The van der Waals surface area contributed by atoms with Crippen molar-refractivity contribution in [2.24, 2.45) is 0 Å². The molecule has 0 unspecified atom stereocenters. The van der Waals surface area contributed by atoms with E-state index in [1.807, 2.05) is 6.26 Å². The van der Waals surface area contributed by atoms with Gasteiger partial charge in [-0.25, -0.2) is 13.1 Å². The van der Waals surface area contributed by atoms with Crippen LogP contribution in [0.3, 0.4) is 0 Å². The van der Waals surface area contributed by atoms with Crippen LogP contribution in [0.1, 0.15) is 12.8 Å². The van der Waals surface area contributed by atoms with Crippen molar-refractivity contribution >= 4 is 33.2 Å². The minimum absolute atomic E-state index is 0.129. The lowest BCUT2D eigenvalue weighted by molar-refractivity contribution is -0.384. The van der Waals surface area contributed by atoms with Crippen molar-refractivity contribution in [3.63, 3.8) is 0 Å². The fourth-order valence-corrected chi connectivity index (χ4v) is 3.23. The molecule has 0 radical (unpaired) electrons. The van der Waals surface area contributed by atoms with Crippen LogP contribution in [0.15, 0.2) is 23.1 Å². The number of nitrogens with zero attached hydrogens (tertiary/aromatic N) is 1. The zero-order valence-electron chi connectivity index (χ0n) is 11.0. The lowest BCUT2D eigenvalue weighted by atomic mass is 10.3. The predicted octanol–water partition coefficient (Wildman–Crippen LogP) is 1.60. The molecule has 0 bridgehead atoms. The molecule has 1 aromatic carbocycles. The zero-order chi connectivity index (χ0) is 15.2. The molecule has 112 valence electrons. The fraction of sp³-hybridized carbons (Fsp3) is 0.455. The summed E-state index contributed by atoms with van der Waals surface area (Å²) < 4.78 is 26.4. The van der Waals surface area contributed by atoms with Gasteiger partial charge in [0.15, 0.2) is 0 Å². The van der Waals surface area contributed by atoms with Crippen LogP contribution in [-0.2, 0) is 10.0 Å². The van der Waals surface area contributed by atoms with E-state index >= 15 is 0 Å². The van der Waals surface area contributed by atoms with Gasteiger partial charge in [0.2, 0.25) is 10.0 Å². The monoisotopic (exact) mass is 319 g/mol. The smallest absolute Gasteiger partial charge is 0.271 e. The van der Waals surface area contributed by atoms with Crippen LogP contribution in [0.4, 0.5) is 11.4 Å². The first-order chi connectivity index (χ1) is 9.38. The summed E-state index contributed by atoms with van der Waals surface area (Å²) in [4.78, 5) is 9.82. The molecular formula is C11H17N3O4S2. The van der Waals surface area contributed by atoms with Gasteiger partial charge in [-0.05, 0) is 30.9 Å². The van der Waals surface area contributed by atoms with Crippen LogP contribution in [-0.4, -0.2) is 31.9 Å². The summed E-state index contributed by atoms with van der Waals surface area (Å²) in [7, 11) is -3.72. The number of rotatable bonds is 8. The molecule has 0 aromatic heterocycles. The number of nitrogens with two attached hydrogens (primary N) is 1. The number of hydrogen-bond donors (Lipinski definition) is 2. The number of sulfonamides is 1. The minimum atomic E-state index is -3.72. The van der Waals surface area contributed by atoms with Gasteiger partial charge >= 0.3 is 0 Å². The van der Waals surface area contributed by atoms with Crippen molar-refractivity contribution < 1.29 is 13.3 Å². The van der Waals surface area contributed by atoms with E-state index < -0.39 is 14.9 Å². The van der Waals surface area contributed by atoms with Crippen molar-refractivity contribution in [1.29, 1.82) is 0 Å². The molecule has 0 amide bonds. The van der Waals surface area contributed by atoms with Gasteiger partial charge in [0.1, 0.15) is 4.90 Å². The van der Waals surface area contributed by atoms with E-state index in [0.29, 0.717) is 6.54 Å². The number of unbranched alkanes of at least 4 members (excludes halogenated alkanes) is 1. The molecule has 1 rings (SSSR count). The molecule has 7 nitrogen and oxygen atoms in total. The molecule has 0 aliphatic heterocycles. The Labute approximate surface area is 122 Å². The number of nitro groups is 1. The Morgan fingerprint density at radius 2 is 2.10 bits per heavy atom. The second kappa shape index (κ2) is 7.46. The number of nitrogens with one attached hydrogen (secondary N) is 1. The average Bonchev–Trinajstić information content (AvgIpc) is 2.37. The molecule has 0 aliphatic rings. The Morgan fingerprint density at radius 3 is 2.65 bits per heavy atom. The van der Waals surface area contributed by atoms with Crippen LogP contribution in [0.25, 0.3) is 0 Å². The molecule has 0 saturated heterocycles. The Balaban J connectivity index is 2.75. The maximum absolute atomic E-state index is 12.0. The predicted molar refractivity (Wildman–Crippen MR) is 80.3 cm³/mol. The fourth-order valence-electron chi connectivity index (χ4n) is 1.55. The first kappa shape index (κ1) is 16.7. The summed E-state index contributed by atoms with van der Waals surface area (Å²) in [5.41, 5.74) is 5.21. The van der Waals surface area contributed by atoms with Crippen LogP contribution in [0, 0.1) is 10.1 Å². The lowest BCUT2D eigenvalue weighted by Crippen LogP contribution is -2.25. The van der Waals surface area contributed by atoms with Crippen molar-refractivity contribution in [3.8, 4) is 0 Å². The van der Waals surface area contributed by atoms with E-state index in [4.69, 9.17) is 5.73 Å². The Morgan fingerprint density at radius 1 is 1.40 bits per heavy atom. The van der Waals surface area contributed by atoms with Gasteiger partial charge in [0, 0.05) is 18.7 Å². The highest BCUT2D eigenvalue weighted by Gasteiger charge is 2.19.